The summed E-state index contributed by atoms with van der Waals surface area (Å²) in [7, 11) is 0. The molecular formula is C20H27N4O8. The Labute approximate surface area is 184 Å². The highest BCUT2D eigenvalue weighted by Crippen LogP contribution is 2.03. The van der Waals surface area contributed by atoms with Crippen LogP contribution in [0.15, 0.2) is 30.3 Å². The van der Waals surface area contributed by atoms with Crippen LogP contribution in [-0.2, 0) is 30.4 Å². The molecule has 0 aliphatic carbocycles. The summed E-state index contributed by atoms with van der Waals surface area (Å²) < 4.78 is 0. The highest BCUT2D eigenvalue weighted by Gasteiger charge is 2.31. The van der Waals surface area contributed by atoms with E-state index in [0.29, 0.717) is 0 Å². The molecule has 8 N–H and O–H groups in total. The maximum Gasteiger partial charge on any atom is 0.305 e. The lowest BCUT2D eigenvalue weighted by Crippen LogP contribution is -2.60. The number of carboxylic acid groups (broad SMARTS) is 1. The lowest BCUT2D eigenvalue weighted by molar-refractivity contribution is -0.138. The second kappa shape index (κ2) is 13.1. The Kier molecular flexibility index (Phi) is 11.0. The number of nitrogens with one attached hydrogen (secondary N) is 3. The van der Waals surface area contributed by atoms with Gasteiger partial charge >= 0.3 is 5.97 Å². The highest BCUT2D eigenvalue weighted by atomic mass is 16.4. The summed E-state index contributed by atoms with van der Waals surface area (Å²) in [5, 5.41) is 34.5. The number of hydrogen-bond donors (Lipinski definition) is 7. The Morgan fingerprint density at radius 2 is 1.66 bits per heavy atom. The van der Waals surface area contributed by atoms with Crippen molar-refractivity contribution in [2.45, 2.75) is 50.0 Å². The number of carboxylic acids is 1. The smallest absolute Gasteiger partial charge is 0.305 e. The van der Waals surface area contributed by atoms with Crippen molar-refractivity contribution in [1.29, 1.82) is 0 Å². The van der Waals surface area contributed by atoms with Crippen LogP contribution in [-0.4, -0.2) is 82.2 Å². The third kappa shape index (κ3) is 8.79. The fourth-order valence-corrected chi connectivity index (χ4v) is 2.65. The second-order valence-corrected chi connectivity index (χ2v) is 7.04. The van der Waals surface area contributed by atoms with Crippen LogP contribution in [0.4, 0.5) is 0 Å². The van der Waals surface area contributed by atoms with Crippen LogP contribution in [0.3, 0.4) is 0 Å². The SMILES string of the molecule is C[C@@H](O)[C@H](NC(=O)[C@@H](N)Cc1ccccc1)C(=O)N[C@@H](CO)C(=O)N[C@H]([C]=O)CC(=O)O. The Hall–Kier alpha value is -3.35. The lowest BCUT2D eigenvalue weighted by atomic mass is 10.0. The van der Waals surface area contributed by atoms with Crippen molar-refractivity contribution >= 4 is 30.0 Å². The third-order valence-electron chi connectivity index (χ3n) is 4.35. The molecule has 0 unspecified atom stereocenters. The zero-order valence-electron chi connectivity index (χ0n) is 17.4. The summed E-state index contributed by atoms with van der Waals surface area (Å²) in [6.45, 7) is 0.329. The van der Waals surface area contributed by atoms with Gasteiger partial charge in [-0.15, -0.1) is 0 Å². The van der Waals surface area contributed by atoms with Gasteiger partial charge in [0, 0.05) is 0 Å². The van der Waals surface area contributed by atoms with Gasteiger partial charge in [0.1, 0.15) is 18.1 Å². The van der Waals surface area contributed by atoms with Crippen LogP contribution >= 0.6 is 0 Å². The van der Waals surface area contributed by atoms with Gasteiger partial charge in [-0.2, -0.15) is 0 Å². The summed E-state index contributed by atoms with van der Waals surface area (Å²) in [4.78, 5) is 58.5. The number of aliphatic carboxylic acids is 1. The Balaban J connectivity index is 2.77. The molecule has 12 heteroatoms. The van der Waals surface area contributed by atoms with Gasteiger partial charge in [-0.1, -0.05) is 30.3 Å². The first kappa shape index (κ1) is 26.7. The molecule has 0 fully saturated rings. The van der Waals surface area contributed by atoms with E-state index in [2.05, 4.69) is 10.6 Å². The van der Waals surface area contributed by atoms with Crippen LogP contribution < -0.4 is 21.7 Å². The molecule has 3 amide bonds. The molecule has 0 aromatic heterocycles. The number of hydrogen-bond acceptors (Lipinski definition) is 8. The van der Waals surface area contributed by atoms with E-state index in [0.717, 1.165) is 5.56 Å². The molecule has 0 saturated heterocycles. The van der Waals surface area contributed by atoms with Crippen molar-refractivity contribution in [3.63, 3.8) is 0 Å². The maximum absolute atomic E-state index is 12.5. The van der Waals surface area contributed by atoms with Crippen LogP contribution in [0.5, 0.6) is 0 Å². The van der Waals surface area contributed by atoms with E-state index >= 15 is 0 Å². The molecule has 1 rings (SSSR count). The number of carbonyl (C=O) groups excluding carboxylic acids is 4. The van der Waals surface area contributed by atoms with Crippen molar-refractivity contribution in [2.24, 2.45) is 5.73 Å². The van der Waals surface area contributed by atoms with Gasteiger partial charge in [0.05, 0.1) is 25.2 Å². The summed E-state index contributed by atoms with van der Waals surface area (Å²) in [5.41, 5.74) is 6.65. The number of aliphatic hydroxyl groups is 2. The summed E-state index contributed by atoms with van der Waals surface area (Å²) in [6, 6.07) is 3.29. The van der Waals surface area contributed by atoms with E-state index in [4.69, 9.17) is 10.8 Å². The minimum absolute atomic E-state index is 0.176. The van der Waals surface area contributed by atoms with Gasteiger partial charge in [-0.3, -0.25) is 24.0 Å². The summed E-state index contributed by atoms with van der Waals surface area (Å²) in [6.07, 6.45) is -0.620. The number of rotatable bonds is 13. The Morgan fingerprint density at radius 1 is 1.03 bits per heavy atom. The van der Waals surface area contributed by atoms with Gasteiger partial charge in [0.25, 0.3) is 0 Å². The average Bonchev–Trinajstić information content (AvgIpc) is 2.74. The van der Waals surface area contributed by atoms with E-state index in [1.807, 2.05) is 5.32 Å². The molecular weight excluding hydrogens is 424 g/mol. The minimum atomic E-state index is -1.58. The highest BCUT2D eigenvalue weighted by molar-refractivity contribution is 5.94. The molecule has 5 atom stereocenters. The molecule has 0 saturated carbocycles. The molecule has 1 aromatic rings. The first-order chi connectivity index (χ1) is 15.1. The zero-order valence-corrected chi connectivity index (χ0v) is 17.4. The topological polar surface area (TPSA) is 208 Å². The van der Waals surface area contributed by atoms with Crippen LogP contribution in [0.2, 0.25) is 0 Å². The molecule has 1 aromatic carbocycles. The maximum atomic E-state index is 12.5. The first-order valence-corrected chi connectivity index (χ1v) is 9.68. The quantitative estimate of drug-likeness (QED) is 0.162. The van der Waals surface area contributed by atoms with Crippen LogP contribution in [0.25, 0.3) is 0 Å². The van der Waals surface area contributed by atoms with Crippen LogP contribution in [0, 0.1) is 0 Å². The van der Waals surface area contributed by atoms with Crippen molar-refractivity contribution in [3.05, 3.63) is 35.9 Å². The van der Waals surface area contributed by atoms with Gasteiger partial charge in [0.15, 0.2) is 0 Å². The lowest BCUT2D eigenvalue weighted by Gasteiger charge is -2.25. The fourth-order valence-electron chi connectivity index (χ4n) is 2.65. The molecule has 0 aliphatic heterocycles. The molecule has 1 radical (unpaired) electrons. The van der Waals surface area contributed by atoms with Gasteiger partial charge in [0.2, 0.25) is 24.0 Å². The van der Waals surface area contributed by atoms with Crippen molar-refractivity contribution in [3.8, 4) is 0 Å². The van der Waals surface area contributed by atoms with E-state index in [9.17, 15) is 34.2 Å². The molecule has 0 heterocycles. The number of amides is 3. The monoisotopic (exact) mass is 451 g/mol. The number of carbonyl (C=O) groups is 4. The summed E-state index contributed by atoms with van der Waals surface area (Å²) in [5.74, 6) is -4.14. The van der Waals surface area contributed by atoms with Gasteiger partial charge < -0.3 is 37.0 Å². The van der Waals surface area contributed by atoms with Crippen molar-refractivity contribution in [2.75, 3.05) is 6.61 Å². The molecule has 32 heavy (non-hydrogen) atoms. The number of benzene rings is 1. The Morgan fingerprint density at radius 3 is 2.16 bits per heavy atom. The largest absolute Gasteiger partial charge is 0.481 e. The molecule has 0 bridgehead atoms. The van der Waals surface area contributed by atoms with Gasteiger partial charge in [-0.25, -0.2) is 0 Å². The average molecular weight is 451 g/mol. The Bertz CT molecular complexity index is 802. The standard InChI is InChI=1S/C20H27N4O8/c1-11(27)17(24-18(30)14(21)7-12-5-3-2-4-6-12)20(32)23-15(10-26)19(31)22-13(9-25)8-16(28)29/h2-6,11,13-15,17,26-27H,7-8,10,21H2,1H3,(H,22,31)(H,23,32)(H,24,30)(H,28,29)/t11-,13+,14+,15+,17+/m1/s1. The normalized spacial score (nSPS) is 15.4. The fraction of sp³-hybridized carbons (Fsp3) is 0.450. The minimum Gasteiger partial charge on any atom is -0.481 e. The predicted molar refractivity (Wildman–Crippen MR) is 111 cm³/mol. The van der Waals surface area contributed by atoms with E-state index in [1.165, 1.54) is 13.2 Å². The van der Waals surface area contributed by atoms with Crippen LogP contribution in [0.1, 0.15) is 18.9 Å². The summed E-state index contributed by atoms with van der Waals surface area (Å²) >= 11 is 0. The molecule has 0 spiro atoms. The number of nitrogens with two attached hydrogens (primary N) is 1. The predicted octanol–water partition coefficient (Wildman–Crippen LogP) is -3.03. The molecule has 0 aliphatic rings. The van der Waals surface area contributed by atoms with Crippen molar-refractivity contribution < 1.29 is 39.3 Å². The van der Waals surface area contributed by atoms with E-state index < -0.39 is 67.0 Å². The second-order valence-electron chi connectivity index (χ2n) is 7.04. The van der Waals surface area contributed by atoms with E-state index in [-0.39, 0.29) is 6.42 Å². The zero-order chi connectivity index (χ0) is 24.3. The third-order valence-corrected chi connectivity index (χ3v) is 4.35. The molecule has 12 nitrogen and oxygen atoms in total. The van der Waals surface area contributed by atoms with Gasteiger partial charge in [-0.05, 0) is 18.9 Å². The van der Waals surface area contributed by atoms with Crippen molar-refractivity contribution in [1.82, 2.24) is 16.0 Å². The molecule has 175 valence electrons. The first-order valence-electron chi connectivity index (χ1n) is 9.68. The number of aliphatic hydroxyl groups excluding tert-OH is 2. The van der Waals surface area contributed by atoms with E-state index in [1.54, 1.807) is 30.3 Å².